The lowest BCUT2D eigenvalue weighted by Gasteiger charge is -2.32. The lowest BCUT2D eigenvalue weighted by molar-refractivity contribution is -0.132. The minimum Gasteiger partial charge on any atom is -0.372 e. The number of benzene rings is 1. The number of pyridine rings is 2. The van der Waals surface area contributed by atoms with Gasteiger partial charge in [-0.1, -0.05) is 23.7 Å². The number of aromatic nitrogens is 2. The topological polar surface area (TPSA) is 95.4 Å². The van der Waals surface area contributed by atoms with Gasteiger partial charge in [-0.05, 0) is 55.9 Å². The molecule has 5 rings (SSSR count). The second-order valence-corrected chi connectivity index (χ2v) is 10.1. The zero-order chi connectivity index (χ0) is 27.9. The molecule has 0 bridgehead atoms. The number of halogens is 5. The normalized spacial score (nSPS) is 22.7. The van der Waals surface area contributed by atoms with Crippen LogP contribution >= 0.6 is 11.6 Å². The van der Waals surface area contributed by atoms with E-state index in [-0.39, 0.29) is 40.5 Å². The van der Waals surface area contributed by atoms with Crippen molar-refractivity contribution in [2.24, 2.45) is 5.92 Å². The first-order valence-electron chi connectivity index (χ1n) is 12.3. The summed E-state index contributed by atoms with van der Waals surface area (Å²) in [5, 5.41) is 14.3. The minimum absolute atomic E-state index is 0.0545. The molecule has 0 radical (unpaired) electrons. The zero-order valence-electron chi connectivity index (χ0n) is 20.4. The summed E-state index contributed by atoms with van der Waals surface area (Å²) in [4.78, 5) is 35.3. The monoisotopic (exact) mass is 562 g/mol. The number of hydrogen-bond donors (Lipinski definition) is 2. The molecule has 1 fully saturated rings. The molecule has 1 aliphatic heterocycles. The van der Waals surface area contributed by atoms with Crippen LogP contribution in [0.4, 0.5) is 23.4 Å². The molecule has 1 aliphatic carbocycles. The van der Waals surface area contributed by atoms with E-state index >= 15 is 0 Å². The summed E-state index contributed by atoms with van der Waals surface area (Å²) >= 11 is 5.85. The van der Waals surface area contributed by atoms with E-state index in [1.165, 1.54) is 35.4 Å². The molecule has 2 N–H and O–H groups in total. The highest BCUT2D eigenvalue weighted by molar-refractivity contribution is 6.30. The number of nitrogens with zero attached hydrogens (tertiary/aromatic N) is 3. The van der Waals surface area contributed by atoms with Crippen molar-refractivity contribution in [1.82, 2.24) is 15.3 Å². The van der Waals surface area contributed by atoms with E-state index in [1.807, 2.05) is 0 Å². The average Bonchev–Trinajstić information content (AvgIpc) is 3.13. The third-order valence-electron chi connectivity index (χ3n) is 7.29. The highest BCUT2D eigenvalue weighted by Gasteiger charge is 2.53. The number of amides is 2. The molecule has 1 saturated carbocycles. The lowest BCUT2D eigenvalue weighted by Crippen LogP contribution is -2.45. The summed E-state index contributed by atoms with van der Waals surface area (Å²) in [5.74, 6) is -3.92. The van der Waals surface area contributed by atoms with Gasteiger partial charge in [0.15, 0.2) is 11.6 Å². The number of carbonyl (C=O) groups excluding carboxylic acids is 2. The van der Waals surface area contributed by atoms with E-state index < -0.39 is 46.7 Å². The molecular weight excluding hydrogens is 540 g/mol. The molecule has 7 nitrogen and oxygen atoms in total. The Morgan fingerprint density at radius 3 is 2.56 bits per heavy atom. The van der Waals surface area contributed by atoms with Crippen LogP contribution in [0.5, 0.6) is 0 Å². The van der Waals surface area contributed by atoms with Gasteiger partial charge in [0.1, 0.15) is 11.5 Å². The van der Waals surface area contributed by atoms with E-state index in [4.69, 9.17) is 11.6 Å². The van der Waals surface area contributed by atoms with E-state index in [0.717, 1.165) is 18.3 Å². The maximum Gasteiger partial charge on any atom is 0.281 e. The van der Waals surface area contributed by atoms with Gasteiger partial charge in [0.05, 0.1) is 10.6 Å². The molecule has 3 heterocycles. The SMILES string of the molecule is O=C(N[C@H]1CC[C@H](CN2C(=O)C(O)(c3cccc(F)c3F)c3cccnc32)CC1)c1cc(Cl)cnc1C(F)F. The largest absolute Gasteiger partial charge is 0.372 e. The van der Waals surface area contributed by atoms with Crippen molar-refractivity contribution >= 4 is 29.2 Å². The lowest BCUT2D eigenvalue weighted by atomic mass is 9.85. The summed E-state index contributed by atoms with van der Waals surface area (Å²) in [6, 6.07) is 7.10. The van der Waals surface area contributed by atoms with Gasteiger partial charge in [0.25, 0.3) is 18.2 Å². The van der Waals surface area contributed by atoms with Crippen molar-refractivity contribution in [2.75, 3.05) is 11.4 Å². The van der Waals surface area contributed by atoms with Crippen LogP contribution in [0.25, 0.3) is 0 Å². The Bertz CT molecular complexity index is 1430. The Labute approximate surface area is 225 Å². The van der Waals surface area contributed by atoms with Crippen molar-refractivity contribution in [2.45, 2.75) is 43.8 Å². The Balaban J connectivity index is 1.29. The first-order chi connectivity index (χ1) is 18.6. The van der Waals surface area contributed by atoms with Crippen LogP contribution in [0.2, 0.25) is 5.02 Å². The Morgan fingerprint density at radius 2 is 1.85 bits per heavy atom. The summed E-state index contributed by atoms with van der Waals surface area (Å²) in [6.07, 6.45) is 1.72. The van der Waals surface area contributed by atoms with Crippen molar-refractivity contribution in [3.63, 3.8) is 0 Å². The number of hydrogen-bond acceptors (Lipinski definition) is 5. The number of nitrogens with one attached hydrogen (secondary N) is 1. The molecule has 2 amide bonds. The molecule has 12 heteroatoms. The van der Waals surface area contributed by atoms with E-state index in [0.29, 0.717) is 25.7 Å². The molecule has 0 saturated heterocycles. The van der Waals surface area contributed by atoms with Gasteiger partial charge >= 0.3 is 0 Å². The fourth-order valence-corrected chi connectivity index (χ4v) is 5.49. The van der Waals surface area contributed by atoms with Gasteiger partial charge in [-0.2, -0.15) is 0 Å². The van der Waals surface area contributed by atoms with Crippen LogP contribution < -0.4 is 10.2 Å². The molecule has 204 valence electrons. The second-order valence-electron chi connectivity index (χ2n) is 9.68. The smallest absolute Gasteiger partial charge is 0.281 e. The summed E-state index contributed by atoms with van der Waals surface area (Å²) in [5.41, 5.74) is -3.80. The summed E-state index contributed by atoms with van der Waals surface area (Å²) in [6.45, 7) is 0.163. The van der Waals surface area contributed by atoms with Gasteiger partial charge in [-0.3, -0.25) is 19.5 Å². The predicted molar refractivity (Wildman–Crippen MR) is 133 cm³/mol. The van der Waals surface area contributed by atoms with Crippen LogP contribution in [0, 0.1) is 17.6 Å². The number of aliphatic hydroxyl groups is 1. The zero-order valence-corrected chi connectivity index (χ0v) is 21.1. The highest BCUT2D eigenvalue weighted by atomic mass is 35.5. The number of fused-ring (bicyclic) bond motifs is 1. The fraction of sp³-hybridized carbons (Fsp3) is 0.333. The standard InChI is InChI=1S/C27H23ClF4N4O3/c28-15-11-17(22(23(31)32)34-12-15)25(37)35-16-8-6-14(7-9-16)13-36-24-19(4-2-10-33-24)27(39,26(36)38)18-3-1-5-20(29)21(18)30/h1-5,10-12,14,16,23,39H,6-9,13H2,(H,35,37)/t14-,16-,27?. The number of alkyl halides is 2. The third kappa shape index (κ3) is 4.85. The molecule has 1 aromatic carbocycles. The fourth-order valence-electron chi connectivity index (χ4n) is 5.33. The first kappa shape index (κ1) is 27.0. The maximum atomic E-state index is 14.7. The quantitative estimate of drug-likeness (QED) is 0.416. The second kappa shape index (κ2) is 10.5. The Hall–Kier alpha value is -3.57. The van der Waals surface area contributed by atoms with Crippen LogP contribution in [-0.2, 0) is 10.4 Å². The molecule has 2 aliphatic rings. The average molecular weight is 563 g/mol. The van der Waals surface area contributed by atoms with Crippen LogP contribution in [-0.4, -0.2) is 39.5 Å². The van der Waals surface area contributed by atoms with Gasteiger partial charge in [-0.15, -0.1) is 0 Å². The number of carbonyl (C=O) groups is 2. The van der Waals surface area contributed by atoms with Crippen molar-refractivity contribution in [3.8, 4) is 0 Å². The number of rotatable bonds is 6. The van der Waals surface area contributed by atoms with Crippen molar-refractivity contribution < 1.29 is 32.3 Å². The van der Waals surface area contributed by atoms with Gasteiger partial charge in [0.2, 0.25) is 5.60 Å². The summed E-state index contributed by atoms with van der Waals surface area (Å²) < 4.78 is 55.3. The Morgan fingerprint density at radius 1 is 1.13 bits per heavy atom. The van der Waals surface area contributed by atoms with Crippen molar-refractivity contribution in [3.05, 3.63) is 87.8 Å². The van der Waals surface area contributed by atoms with Crippen molar-refractivity contribution in [1.29, 1.82) is 0 Å². The maximum absolute atomic E-state index is 14.7. The first-order valence-corrected chi connectivity index (χ1v) is 12.7. The Kier molecular flexibility index (Phi) is 7.30. The molecule has 2 aromatic heterocycles. The predicted octanol–water partition coefficient (Wildman–Crippen LogP) is 4.92. The van der Waals surface area contributed by atoms with E-state index in [2.05, 4.69) is 15.3 Å². The van der Waals surface area contributed by atoms with Gasteiger partial charge in [-0.25, -0.2) is 22.5 Å². The van der Waals surface area contributed by atoms with Crippen LogP contribution in [0.3, 0.4) is 0 Å². The van der Waals surface area contributed by atoms with Gasteiger partial charge in [0, 0.05) is 36.1 Å². The summed E-state index contributed by atoms with van der Waals surface area (Å²) in [7, 11) is 0. The highest BCUT2D eigenvalue weighted by Crippen LogP contribution is 2.45. The third-order valence-corrected chi connectivity index (χ3v) is 7.49. The molecular formula is C27H23ClF4N4O3. The molecule has 0 spiro atoms. The van der Waals surface area contributed by atoms with E-state index in [9.17, 15) is 32.3 Å². The van der Waals surface area contributed by atoms with Crippen LogP contribution in [0.1, 0.15) is 59.3 Å². The minimum atomic E-state index is -2.94. The number of anilines is 1. The van der Waals surface area contributed by atoms with Gasteiger partial charge < -0.3 is 10.4 Å². The molecule has 39 heavy (non-hydrogen) atoms. The molecule has 3 aromatic rings. The van der Waals surface area contributed by atoms with E-state index in [1.54, 1.807) is 0 Å². The van der Waals surface area contributed by atoms with Crippen LogP contribution in [0.15, 0.2) is 48.8 Å². The molecule has 1 atom stereocenters. The molecule has 1 unspecified atom stereocenters.